The predicted octanol–water partition coefficient (Wildman–Crippen LogP) is 17.7. The molecular weight excluding hydrogens is 783 g/mol. The molecule has 0 radical (unpaired) electrons. The van der Waals surface area contributed by atoms with Crippen molar-refractivity contribution in [1.29, 1.82) is 0 Å². The van der Waals surface area contributed by atoms with Crippen LogP contribution in [0.15, 0.2) is 212 Å². The average Bonchev–Trinajstić information content (AvgIpc) is 3.71. The third-order valence-corrected chi connectivity index (χ3v) is 15.0. The summed E-state index contributed by atoms with van der Waals surface area (Å²) in [6.07, 6.45) is 0. The topological polar surface area (TPSA) is 3.24 Å². The third-order valence-electron chi connectivity index (χ3n) is 15.0. The normalized spacial score (nSPS) is 14.1. The summed E-state index contributed by atoms with van der Waals surface area (Å²) >= 11 is 0. The maximum absolute atomic E-state index is 2.50. The third kappa shape index (κ3) is 5.45. The zero-order chi connectivity index (χ0) is 43.6. The minimum absolute atomic E-state index is 0.0338. The standard InChI is InChI=1S/C64H47N/c1-63(2)55-28-14-13-23-47(55)54-37-42(32-36-56(54)63)61-50-24-9-11-26-52(50)62(53-27-12-10-25-51(53)61)43-31-34-48-49-35-33-44(39-58(49)64(3,4)57(48)38-43)65(59-29-15-19-40-17-5-7-21-45(40)59)60-30-16-20-41-18-6-8-22-46(41)60/h5-39H,1-4H3. The van der Waals surface area contributed by atoms with E-state index in [0.29, 0.717) is 0 Å². The van der Waals surface area contributed by atoms with Crippen LogP contribution in [0.4, 0.5) is 17.1 Å². The minimum atomic E-state index is -0.250. The van der Waals surface area contributed by atoms with Crippen molar-refractivity contribution < 1.29 is 0 Å². The van der Waals surface area contributed by atoms with Gasteiger partial charge in [-0.15, -0.1) is 0 Å². The second kappa shape index (κ2) is 13.9. The molecule has 0 atom stereocenters. The van der Waals surface area contributed by atoms with Crippen molar-refractivity contribution in [2.24, 2.45) is 0 Å². The van der Waals surface area contributed by atoms with Crippen LogP contribution in [-0.2, 0) is 10.8 Å². The van der Waals surface area contributed by atoms with Crippen molar-refractivity contribution in [2.45, 2.75) is 38.5 Å². The highest BCUT2D eigenvalue weighted by Gasteiger charge is 2.38. The Morgan fingerprint density at radius 3 is 1.31 bits per heavy atom. The van der Waals surface area contributed by atoms with E-state index in [2.05, 4.69) is 245 Å². The summed E-state index contributed by atoms with van der Waals surface area (Å²) in [5.74, 6) is 0. The molecule has 2 aliphatic rings. The quantitative estimate of drug-likeness (QED) is 0.156. The van der Waals surface area contributed by atoms with E-state index >= 15 is 0 Å². The van der Waals surface area contributed by atoms with E-state index in [0.717, 1.165) is 5.69 Å². The molecule has 1 nitrogen and oxygen atoms in total. The van der Waals surface area contributed by atoms with E-state index in [1.54, 1.807) is 0 Å². The van der Waals surface area contributed by atoms with Crippen molar-refractivity contribution in [2.75, 3.05) is 4.90 Å². The summed E-state index contributed by atoms with van der Waals surface area (Å²) < 4.78 is 0. The largest absolute Gasteiger partial charge is 0.309 e. The average molecular weight is 830 g/mol. The van der Waals surface area contributed by atoms with Crippen molar-refractivity contribution >= 4 is 60.2 Å². The SMILES string of the molecule is CC1(C)c2ccccc2-c2cc(-c3c4ccccc4c(-c4ccc5c(c4)C(C)(C)c4cc(N(c6cccc7ccccc67)c6cccc7ccccc67)ccc4-5)c4ccccc34)ccc21. The smallest absolute Gasteiger partial charge is 0.0540 e. The van der Waals surface area contributed by atoms with Crippen molar-refractivity contribution in [3.05, 3.63) is 235 Å². The molecule has 11 aromatic rings. The molecule has 0 heterocycles. The zero-order valence-corrected chi connectivity index (χ0v) is 37.2. The van der Waals surface area contributed by atoms with Gasteiger partial charge in [-0.1, -0.05) is 204 Å². The molecule has 0 amide bonds. The second-order valence-electron chi connectivity index (χ2n) is 19.2. The molecular formula is C64H47N. The molecule has 0 aromatic heterocycles. The van der Waals surface area contributed by atoms with Gasteiger partial charge >= 0.3 is 0 Å². The van der Waals surface area contributed by atoms with Gasteiger partial charge in [-0.3, -0.25) is 0 Å². The van der Waals surface area contributed by atoms with Gasteiger partial charge in [0.15, 0.2) is 0 Å². The highest BCUT2D eigenvalue weighted by atomic mass is 15.1. The van der Waals surface area contributed by atoms with Crippen molar-refractivity contribution in [3.8, 4) is 44.5 Å². The number of rotatable bonds is 5. The highest BCUT2D eigenvalue weighted by molar-refractivity contribution is 6.22. The highest BCUT2D eigenvalue weighted by Crippen LogP contribution is 2.55. The number of benzene rings is 11. The van der Waals surface area contributed by atoms with E-state index in [1.165, 1.54) is 121 Å². The van der Waals surface area contributed by atoms with Crippen LogP contribution in [0.25, 0.3) is 87.6 Å². The van der Waals surface area contributed by atoms with E-state index < -0.39 is 0 Å². The molecule has 1 heteroatoms. The lowest BCUT2D eigenvalue weighted by Crippen LogP contribution is -2.17. The Morgan fingerprint density at radius 1 is 0.292 bits per heavy atom. The lowest BCUT2D eigenvalue weighted by Gasteiger charge is -2.30. The zero-order valence-electron chi connectivity index (χ0n) is 37.2. The molecule has 0 fully saturated rings. The Labute approximate surface area is 380 Å². The van der Waals surface area contributed by atoms with Gasteiger partial charge in [0, 0.05) is 27.3 Å². The van der Waals surface area contributed by atoms with Gasteiger partial charge < -0.3 is 4.90 Å². The van der Waals surface area contributed by atoms with Crippen LogP contribution in [0.3, 0.4) is 0 Å². The molecule has 0 saturated heterocycles. The van der Waals surface area contributed by atoms with E-state index in [1.807, 2.05) is 0 Å². The number of hydrogen-bond donors (Lipinski definition) is 0. The van der Waals surface area contributed by atoms with E-state index in [-0.39, 0.29) is 10.8 Å². The van der Waals surface area contributed by atoms with Gasteiger partial charge in [-0.2, -0.15) is 0 Å². The van der Waals surface area contributed by atoms with Gasteiger partial charge in [-0.05, 0) is 135 Å². The summed E-state index contributed by atoms with van der Waals surface area (Å²) in [5, 5.41) is 10.0. The van der Waals surface area contributed by atoms with Gasteiger partial charge in [-0.25, -0.2) is 0 Å². The maximum Gasteiger partial charge on any atom is 0.0540 e. The lowest BCUT2D eigenvalue weighted by molar-refractivity contribution is 0.660. The molecule has 0 unspecified atom stereocenters. The van der Waals surface area contributed by atoms with Crippen LogP contribution < -0.4 is 4.90 Å². The van der Waals surface area contributed by atoms with Crippen LogP contribution in [0, 0.1) is 0 Å². The molecule has 0 N–H and O–H groups in total. The number of fused-ring (bicyclic) bond motifs is 10. The molecule has 0 aliphatic heterocycles. The first-order valence-electron chi connectivity index (χ1n) is 23.0. The summed E-state index contributed by atoms with van der Waals surface area (Å²) in [6.45, 7) is 9.55. The predicted molar refractivity (Wildman–Crippen MR) is 277 cm³/mol. The molecule has 0 saturated carbocycles. The first kappa shape index (κ1) is 37.8. The molecule has 0 spiro atoms. The van der Waals surface area contributed by atoms with Gasteiger partial charge in [0.05, 0.1) is 11.4 Å². The summed E-state index contributed by atoms with van der Waals surface area (Å²) in [4.78, 5) is 2.48. The van der Waals surface area contributed by atoms with Crippen molar-refractivity contribution in [3.63, 3.8) is 0 Å². The Kier molecular flexibility index (Phi) is 8.07. The van der Waals surface area contributed by atoms with Gasteiger partial charge in [0.2, 0.25) is 0 Å². The fourth-order valence-electron chi connectivity index (χ4n) is 11.9. The Hall–Kier alpha value is -7.74. The lowest BCUT2D eigenvalue weighted by atomic mass is 9.80. The van der Waals surface area contributed by atoms with Crippen LogP contribution >= 0.6 is 0 Å². The molecule has 65 heavy (non-hydrogen) atoms. The van der Waals surface area contributed by atoms with E-state index in [4.69, 9.17) is 0 Å². The first-order chi connectivity index (χ1) is 31.8. The molecule has 13 rings (SSSR count). The monoisotopic (exact) mass is 829 g/mol. The molecule has 0 bridgehead atoms. The number of nitrogens with zero attached hydrogens (tertiary/aromatic N) is 1. The molecule has 2 aliphatic carbocycles. The molecule has 11 aromatic carbocycles. The number of anilines is 3. The Morgan fingerprint density at radius 2 is 0.708 bits per heavy atom. The Balaban J connectivity index is 0.970. The first-order valence-corrected chi connectivity index (χ1v) is 23.0. The summed E-state index contributed by atoms with van der Waals surface area (Å²) in [7, 11) is 0. The second-order valence-corrected chi connectivity index (χ2v) is 19.2. The van der Waals surface area contributed by atoms with Gasteiger partial charge in [0.1, 0.15) is 0 Å². The summed E-state index contributed by atoms with van der Waals surface area (Å²) in [5.41, 5.74) is 19.2. The Bertz CT molecular complexity index is 3640. The summed E-state index contributed by atoms with van der Waals surface area (Å²) in [6, 6.07) is 79.6. The van der Waals surface area contributed by atoms with Crippen LogP contribution in [0.1, 0.15) is 49.9 Å². The van der Waals surface area contributed by atoms with E-state index in [9.17, 15) is 0 Å². The van der Waals surface area contributed by atoms with Crippen LogP contribution in [0.2, 0.25) is 0 Å². The number of hydrogen-bond acceptors (Lipinski definition) is 1. The van der Waals surface area contributed by atoms with Crippen LogP contribution in [-0.4, -0.2) is 0 Å². The maximum atomic E-state index is 2.50. The van der Waals surface area contributed by atoms with Crippen molar-refractivity contribution in [1.82, 2.24) is 0 Å². The molecule has 308 valence electrons. The fourth-order valence-corrected chi connectivity index (χ4v) is 11.9. The van der Waals surface area contributed by atoms with Gasteiger partial charge in [0.25, 0.3) is 0 Å². The van der Waals surface area contributed by atoms with Crippen LogP contribution in [0.5, 0.6) is 0 Å². The fraction of sp³-hybridized carbons (Fsp3) is 0.0938. The minimum Gasteiger partial charge on any atom is -0.309 e.